The first-order valence-corrected chi connectivity index (χ1v) is 2.95. The fourth-order valence-electron chi connectivity index (χ4n) is 0.797. The number of fused-ring (bicyclic) bond motifs is 1. The lowest BCUT2D eigenvalue weighted by Crippen LogP contribution is -1.87. The molecule has 50 valence electrons. The van der Waals surface area contributed by atoms with Gasteiger partial charge in [-0.1, -0.05) is 0 Å². The first kappa shape index (κ1) is 5.22. The van der Waals surface area contributed by atoms with Gasteiger partial charge in [0.25, 0.3) is 0 Å². The van der Waals surface area contributed by atoms with E-state index in [0.717, 1.165) is 11.4 Å². The summed E-state index contributed by atoms with van der Waals surface area (Å²) in [4.78, 5) is 3.95. The largest absolute Gasteiger partial charge is 0.357 e. The molecule has 1 aliphatic heterocycles. The van der Waals surface area contributed by atoms with Gasteiger partial charge in [0.2, 0.25) is 0 Å². The van der Waals surface area contributed by atoms with Crippen molar-refractivity contribution in [2.75, 3.05) is 5.32 Å². The molecule has 0 saturated heterocycles. The van der Waals surface area contributed by atoms with Crippen molar-refractivity contribution in [2.24, 2.45) is 4.99 Å². The maximum Gasteiger partial charge on any atom is 0.0995 e. The van der Waals surface area contributed by atoms with Crippen LogP contribution in [-0.2, 0) is 0 Å². The van der Waals surface area contributed by atoms with Gasteiger partial charge >= 0.3 is 0 Å². The van der Waals surface area contributed by atoms with Crippen LogP contribution >= 0.6 is 0 Å². The van der Waals surface area contributed by atoms with E-state index in [2.05, 4.69) is 20.5 Å². The van der Waals surface area contributed by atoms with Crippen LogP contribution in [0.15, 0.2) is 23.6 Å². The van der Waals surface area contributed by atoms with Crippen molar-refractivity contribution in [1.82, 2.24) is 10.2 Å². The highest BCUT2D eigenvalue weighted by Crippen LogP contribution is 2.10. The molecule has 0 unspecified atom stereocenters. The van der Waals surface area contributed by atoms with E-state index in [1.807, 2.05) is 0 Å². The molecule has 1 aliphatic rings. The number of rotatable bonds is 0. The second-order valence-corrected chi connectivity index (χ2v) is 1.94. The topological polar surface area (TPSA) is 53.1 Å². The lowest BCUT2D eigenvalue weighted by Gasteiger charge is -1.91. The minimum Gasteiger partial charge on any atom is -0.357 e. The smallest absolute Gasteiger partial charge is 0.0995 e. The molecule has 0 radical (unpaired) electrons. The molecule has 2 rings (SSSR count). The average Bonchev–Trinajstić information content (AvgIpc) is 2.28. The number of aromatic amines is 1. The van der Waals surface area contributed by atoms with Crippen LogP contribution in [0.4, 0.5) is 5.69 Å². The minimum absolute atomic E-state index is 0.907. The van der Waals surface area contributed by atoms with E-state index in [4.69, 9.17) is 0 Å². The summed E-state index contributed by atoms with van der Waals surface area (Å²) >= 11 is 0. The van der Waals surface area contributed by atoms with Crippen LogP contribution in [-0.4, -0.2) is 16.4 Å². The zero-order valence-corrected chi connectivity index (χ0v) is 5.20. The molecular formula is C6H6N4. The summed E-state index contributed by atoms with van der Waals surface area (Å²) < 4.78 is 0. The Balaban J connectivity index is 2.50. The monoisotopic (exact) mass is 134 g/mol. The lowest BCUT2D eigenvalue weighted by atomic mass is 10.4. The van der Waals surface area contributed by atoms with Gasteiger partial charge in [0, 0.05) is 12.4 Å². The molecule has 0 saturated carbocycles. The molecule has 2 N–H and O–H groups in total. The second kappa shape index (κ2) is 1.98. The Morgan fingerprint density at radius 2 is 2.40 bits per heavy atom. The van der Waals surface area contributed by atoms with E-state index in [-0.39, 0.29) is 0 Å². The summed E-state index contributed by atoms with van der Waals surface area (Å²) in [5.41, 5.74) is 1.86. The molecule has 2 heterocycles. The number of hydrogen-bond donors (Lipinski definition) is 2. The molecule has 0 bridgehead atoms. The molecule has 4 heteroatoms. The average molecular weight is 134 g/mol. The highest BCUT2D eigenvalue weighted by molar-refractivity contribution is 5.86. The van der Waals surface area contributed by atoms with E-state index in [9.17, 15) is 0 Å². The third kappa shape index (κ3) is 0.699. The molecule has 4 nitrogen and oxygen atoms in total. The van der Waals surface area contributed by atoms with E-state index < -0.39 is 0 Å². The Morgan fingerprint density at radius 1 is 1.40 bits per heavy atom. The van der Waals surface area contributed by atoms with Crippen LogP contribution in [0.5, 0.6) is 0 Å². The number of anilines is 1. The Labute approximate surface area is 57.7 Å². The summed E-state index contributed by atoms with van der Waals surface area (Å²) in [7, 11) is 0. The van der Waals surface area contributed by atoms with Crippen molar-refractivity contribution in [3.05, 3.63) is 24.3 Å². The normalized spacial score (nSPS) is 14.0. The zero-order valence-electron chi connectivity index (χ0n) is 5.20. The highest BCUT2D eigenvalue weighted by atomic mass is 15.1. The molecular weight excluding hydrogens is 128 g/mol. The summed E-state index contributed by atoms with van der Waals surface area (Å²) in [5, 5.41) is 9.63. The summed E-state index contributed by atoms with van der Waals surface area (Å²) in [6, 6.07) is 0. The van der Waals surface area contributed by atoms with Gasteiger partial charge < -0.3 is 5.32 Å². The Bertz CT molecular complexity index is 284. The van der Waals surface area contributed by atoms with Crippen LogP contribution in [0.25, 0.3) is 0 Å². The maximum absolute atomic E-state index is 3.95. The molecule has 1 aromatic heterocycles. The SMILES string of the molecule is C1=CNc2cn[nH]c2C=N1. The van der Waals surface area contributed by atoms with Crippen molar-refractivity contribution in [2.45, 2.75) is 0 Å². The standard InChI is InChI=1S/C6H6N4/c1-2-8-5-4-9-10-6(5)3-7-1/h1-4,8H,(H,9,10). The Hall–Kier alpha value is -1.58. The predicted molar refractivity (Wildman–Crippen MR) is 38.9 cm³/mol. The van der Waals surface area contributed by atoms with Gasteiger partial charge in [-0.25, -0.2) is 0 Å². The maximum atomic E-state index is 3.95. The summed E-state index contributed by atoms with van der Waals surface area (Å²) in [6.07, 6.45) is 6.89. The molecule has 0 fully saturated rings. The van der Waals surface area contributed by atoms with Crippen LogP contribution in [0.1, 0.15) is 5.69 Å². The number of nitrogens with zero attached hydrogens (tertiary/aromatic N) is 2. The fraction of sp³-hybridized carbons (Fsp3) is 0. The molecule has 0 atom stereocenters. The van der Waals surface area contributed by atoms with E-state index in [0.29, 0.717) is 0 Å². The van der Waals surface area contributed by atoms with Gasteiger partial charge in [-0.3, -0.25) is 10.1 Å². The number of aliphatic imine (C=N–C) groups is 1. The van der Waals surface area contributed by atoms with Crippen LogP contribution in [0.2, 0.25) is 0 Å². The van der Waals surface area contributed by atoms with Crippen LogP contribution in [0.3, 0.4) is 0 Å². The molecule has 10 heavy (non-hydrogen) atoms. The molecule has 0 spiro atoms. The lowest BCUT2D eigenvalue weighted by molar-refractivity contribution is 1.08. The van der Waals surface area contributed by atoms with Gasteiger partial charge in [0.05, 0.1) is 23.8 Å². The predicted octanol–water partition coefficient (Wildman–Crippen LogP) is 0.725. The summed E-state index contributed by atoms with van der Waals surface area (Å²) in [5.74, 6) is 0. The Kier molecular flexibility index (Phi) is 1.04. The first-order valence-electron chi connectivity index (χ1n) is 2.95. The van der Waals surface area contributed by atoms with E-state index in [1.165, 1.54) is 0 Å². The van der Waals surface area contributed by atoms with Crippen molar-refractivity contribution in [1.29, 1.82) is 0 Å². The van der Waals surface area contributed by atoms with Crippen molar-refractivity contribution >= 4 is 11.9 Å². The number of H-pyrrole nitrogens is 1. The van der Waals surface area contributed by atoms with Crippen molar-refractivity contribution in [3.63, 3.8) is 0 Å². The Morgan fingerprint density at radius 3 is 3.40 bits per heavy atom. The molecule has 0 amide bonds. The van der Waals surface area contributed by atoms with Gasteiger partial charge in [0.1, 0.15) is 0 Å². The van der Waals surface area contributed by atoms with Gasteiger partial charge in [0.15, 0.2) is 0 Å². The molecule has 1 aromatic rings. The molecule has 0 aliphatic carbocycles. The minimum atomic E-state index is 0.907. The van der Waals surface area contributed by atoms with Crippen LogP contribution < -0.4 is 5.32 Å². The highest BCUT2D eigenvalue weighted by Gasteiger charge is 2.00. The summed E-state index contributed by atoms with van der Waals surface area (Å²) in [6.45, 7) is 0. The third-order valence-corrected chi connectivity index (χ3v) is 1.27. The van der Waals surface area contributed by atoms with E-state index >= 15 is 0 Å². The van der Waals surface area contributed by atoms with Crippen molar-refractivity contribution < 1.29 is 0 Å². The third-order valence-electron chi connectivity index (χ3n) is 1.27. The van der Waals surface area contributed by atoms with Gasteiger partial charge in [-0.05, 0) is 0 Å². The number of aromatic nitrogens is 2. The van der Waals surface area contributed by atoms with Gasteiger partial charge in [-0.15, -0.1) is 0 Å². The van der Waals surface area contributed by atoms with Gasteiger partial charge in [-0.2, -0.15) is 5.10 Å². The molecule has 0 aromatic carbocycles. The second-order valence-electron chi connectivity index (χ2n) is 1.94. The number of nitrogens with one attached hydrogen (secondary N) is 2. The first-order chi connectivity index (χ1) is 4.97. The fourth-order valence-corrected chi connectivity index (χ4v) is 0.797. The number of hydrogen-bond acceptors (Lipinski definition) is 3. The van der Waals surface area contributed by atoms with Crippen LogP contribution in [0, 0.1) is 0 Å². The zero-order chi connectivity index (χ0) is 6.81. The quantitative estimate of drug-likeness (QED) is 0.549. The van der Waals surface area contributed by atoms with E-state index in [1.54, 1.807) is 24.8 Å². The van der Waals surface area contributed by atoms with Crippen molar-refractivity contribution in [3.8, 4) is 0 Å².